The average molecular weight is 359 g/mol. The van der Waals surface area contributed by atoms with Gasteiger partial charge in [-0.15, -0.1) is 0 Å². The standard InChI is InChI=1S/C19H21NO6/c21-18(20-11-16-3-1-9-23-16)13-26-19(22)14-5-7-15(8-6-14)25-12-17-4-2-10-24-17/h1,3,5-9,17H,2,4,10-13H2,(H,20,21). The Kier molecular flexibility index (Phi) is 6.27. The van der Waals surface area contributed by atoms with Gasteiger partial charge in [0.2, 0.25) is 0 Å². The molecule has 26 heavy (non-hydrogen) atoms. The molecule has 3 rings (SSSR count). The van der Waals surface area contributed by atoms with Gasteiger partial charge in [-0.2, -0.15) is 0 Å². The number of carbonyl (C=O) groups is 2. The van der Waals surface area contributed by atoms with Gasteiger partial charge < -0.3 is 23.9 Å². The zero-order chi connectivity index (χ0) is 18.2. The lowest BCUT2D eigenvalue weighted by atomic mass is 10.2. The van der Waals surface area contributed by atoms with Crippen LogP contribution in [0.25, 0.3) is 0 Å². The summed E-state index contributed by atoms with van der Waals surface area (Å²) < 4.78 is 21.2. The van der Waals surface area contributed by atoms with Crippen molar-refractivity contribution >= 4 is 11.9 Å². The third-order valence-corrected chi connectivity index (χ3v) is 3.92. The summed E-state index contributed by atoms with van der Waals surface area (Å²) in [5.41, 5.74) is 0.355. The number of ether oxygens (including phenoxy) is 3. The third-order valence-electron chi connectivity index (χ3n) is 3.92. The Labute approximate surface area is 151 Å². The minimum absolute atomic E-state index is 0.138. The molecule has 2 heterocycles. The van der Waals surface area contributed by atoms with Gasteiger partial charge in [0.1, 0.15) is 18.1 Å². The minimum Gasteiger partial charge on any atom is -0.491 e. The van der Waals surface area contributed by atoms with Crippen LogP contribution in [0.4, 0.5) is 0 Å². The van der Waals surface area contributed by atoms with Crippen molar-refractivity contribution in [1.29, 1.82) is 0 Å². The van der Waals surface area contributed by atoms with Gasteiger partial charge in [-0.25, -0.2) is 4.79 Å². The van der Waals surface area contributed by atoms with Crippen LogP contribution in [0.3, 0.4) is 0 Å². The minimum atomic E-state index is -0.566. The number of benzene rings is 1. The van der Waals surface area contributed by atoms with Crippen molar-refractivity contribution < 1.29 is 28.2 Å². The van der Waals surface area contributed by atoms with Crippen LogP contribution in [0.5, 0.6) is 5.75 Å². The van der Waals surface area contributed by atoms with Crippen LogP contribution < -0.4 is 10.1 Å². The van der Waals surface area contributed by atoms with E-state index in [4.69, 9.17) is 18.6 Å². The highest BCUT2D eigenvalue weighted by Gasteiger charge is 2.16. The highest BCUT2D eigenvalue weighted by atomic mass is 16.5. The molecule has 0 aliphatic carbocycles. The quantitative estimate of drug-likeness (QED) is 0.728. The fraction of sp³-hybridized carbons (Fsp3) is 0.368. The van der Waals surface area contributed by atoms with Gasteiger partial charge in [0, 0.05) is 6.61 Å². The summed E-state index contributed by atoms with van der Waals surface area (Å²) in [6.07, 6.45) is 3.73. The molecule has 1 N–H and O–H groups in total. The lowest BCUT2D eigenvalue weighted by molar-refractivity contribution is -0.124. The normalized spacial score (nSPS) is 16.2. The maximum absolute atomic E-state index is 12.0. The molecule has 1 aliphatic rings. The van der Waals surface area contributed by atoms with Crippen molar-refractivity contribution in [3.63, 3.8) is 0 Å². The van der Waals surface area contributed by atoms with Gasteiger partial charge in [0.05, 0.1) is 24.5 Å². The zero-order valence-corrected chi connectivity index (χ0v) is 14.3. The molecular formula is C19H21NO6. The van der Waals surface area contributed by atoms with E-state index in [9.17, 15) is 9.59 Å². The lowest BCUT2D eigenvalue weighted by Crippen LogP contribution is -2.28. The van der Waals surface area contributed by atoms with E-state index < -0.39 is 11.9 Å². The molecule has 1 saturated heterocycles. The Balaban J connectivity index is 1.38. The molecular weight excluding hydrogens is 338 g/mol. The second-order valence-electron chi connectivity index (χ2n) is 5.90. The molecule has 1 fully saturated rings. The van der Waals surface area contributed by atoms with Gasteiger partial charge in [-0.3, -0.25) is 4.79 Å². The third kappa shape index (κ3) is 5.35. The van der Waals surface area contributed by atoms with Crippen LogP contribution in [-0.2, 0) is 20.8 Å². The molecule has 2 aromatic rings. The van der Waals surface area contributed by atoms with E-state index in [0.717, 1.165) is 19.4 Å². The number of rotatable bonds is 8. The van der Waals surface area contributed by atoms with E-state index in [1.165, 1.54) is 6.26 Å². The van der Waals surface area contributed by atoms with Gasteiger partial charge >= 0.3 is 5.97 Å². The van der Waals surface area contributed by atoms with Gasteiger partial charge in [-0.1, -0.05) is 0 Å². The maximum atomic E-state index is 12.0. The summed E-state index contributed by atoms with van der Waals surface area (Å²) in [7, 11) is 0. The molecule has 1 aromatic carbocycles. The van der Waals surface area contributed by atoms with Crippen LogP contribution >= 0.6 is 0 Å². The van der Waals surface area contributed by atoms with Crippen molar-refractivity contribution in [2.24, 2.45) is 0 Å². The second-order valence-corrected chi connectivity index (χ2v) is 5.90. The van der Waals surface area contributed by atoms with Gasteiger partial charge in [0.15, 0.2) is 6.61 Å². The number of hydrogen-bond donors (Lipinski definition) is 1. The second kappa shape index (κ2) is 9.05. The number of furan rings is 1. The number of nitrogens with one attached hydrogen (secondary N) is 1. The van der Waals surface area contributed by atoms with Crippen molar-refractivity contribution in [1.82, 2.24) is 5.32 Å². The number of esters is 1. The number of amides is 1. The van der Waals surface area contributed by atoms with Gasteiger partial charge in [0.25, 0.3) is 5.91 Å². The molecule has 0 bridgehead atoms. The summed E-state index contributed by atoms with van der Waals surface area (Å²) in [6, 6.07) is 10.1. The molecule has 7 heteroatoms. The first-order valence-corrected chi connectivity index (χ1v) is 8.51. The SMILES string of the molecule is O=C(COC(=O)c1ccc(OCC2CCCO2)cc1)NCc1ccco1. The molecule has 7 nitrogen and oxygen atoms in total. The van der Waals surface area contributed by atoms with Crippen LogP contribution in [0.15, 0.2) is 47.1 Å². The summed E-state index contributed by atoms with van der Waals surface area (Å²) in [5, 5.41) is 2.60. The Hall–Kier alpha value is -2.80. The summed E-state index contributed by atoms with van der Waals surface area (Å²) >= 11 is 0. The molecule has 1 aromatic heterocycles. The van der Waals surface area contributed by atoms with E-state index in [0.29, 0.717) is 23.7 Å². The monoisotopic (exact) mass is 359 g/mol. The van der Waals surface area contributed by atoms with Crippen LogP contribution in [0.1, 0.15) is 29.0 Å². The summed E-state index contributed by atoms with van der Waals surface area (Å²) in [6.45, 7) is 1.18. The van der Waals surface area contributed by atoms with Crippen LogP contribution in [-0.4, -0.2) is 37.8 Å². The van der Waals surface area contributed by atoms with E-state index in [-0.39, 0.29) is 19.3 Å². The van der Waals surface area contributed by atoms with E-state index in [1.54, 1.807) is 36.4 Å². The maximum Gasteiger partial charge on any atom is 0.338 e. The Morgan fingerprint density at radius 2 is 2.04 bits per heavy atom. The first kappa shape index (κ1) is 18.0. The molecule has 1 atom stereocenters. The number of carbonyl (C=O) groups excluding carboxylic acids is 2. The predicted molar refractivity (Wildman–Crippen MR) is 91.7 cm³/mol. The van der Waals surface area contributed by atoms with E-state index >= 15 is 0 Å². The number of hydrogen-bond acceptors (Lipinski definition) is 6. The molecule has 1 aliphatic heterocycles. The smallest absolute Gasteiger partial charge is 0.338 e. The topological polar surface area (TPSA) is 87.0 Å². The fourth-order valence-corrected chi connectivity index (χ4v) is 2.52. The van der Waals surface area contributed by atoms with Crippen molar-refractivity contribution in [3.8, 4) is 5.75 Å². The Bertz CT molecular complexity index is 704. The van der Waals surface area contributed by atoms with Crippen molar-refractivity contribution in [2.45, 2.75) is 25.5 Å². The zero-order valence-electron chi connectivity index (χ0n) is 14.3. The predicted octanol–water partition coefficient (Wildman–Crippen LogP) is 2.31. The van der Waals surface area contributed by atoms with Gasteiger partial charge in [-0.05, 0) is 49.2 Å². The van der Waals surface area contributed by atoms with E-state index in [2.05, 4.69) is 5.32 Å². The fourth-order valence-electron chi connectivity index (χ4n) is 2.52. The molecule has 0 spiro atoms. The highest BCUT2D eigenvalue weighted by molar-refractivity contribution is 5.91. The largest absolute Gasteiger partial charge is 0.491 e. The first-order valence-electron chi connectivity index (χ1n) is 8.51. The molecule has 138 valence electrons. The molecule has 0 saturated carbocycles. The van der Waals surface area contributed by atoms with Crippen molar-refractivity contribution in [3.05, 3.63) is 54.0 Å². The van der Waals surface area contributed by atoms with Crippen LogP contribution in [0.2, 0.25) is 0 Å². The summed E-state index contributed by atoms with van der Waals surface area (Å²) in [5.74, 6) is 0.326. The van der Waals surface area contributed by atoms with E-state index in [1.807, 2.05) is 0 Å². The molecule has 1 amide bonds. The Morgan fingerprint density at radius 3 is 2.73 bits per heavy atom. The summed E-state index contributed by atoms with van der Waals surface area (Å²) in [4.78, 5) is 23.7. The average Bonchev–Trinajstić information content (AvgIpc) is 3.37. The lowest BCUT2D eigenvalue weighted by Gasteiger charge is -2.11. The molecule has 1 unspecified atom stereocenters. The molecule has 0 radical (unpaired) electrons. The first-order chi connectivity index (χ1) is 12.7. The highest BCUT2D eigenvalue weighted by Crippen LogP contribution is 2.17. The van der Waals surface area contributed by atoms with Crippen LogP contribution in [0, 0.1) is 0 Å². The van der Waals surface area contributed by atoms with Crippen molar-refractivity contribution in [2.75, 3.05) is 19.8 Å². The Morgan fingerprint density at radius 1 is 1.19 bits per heavy atom.